The van der Waals surface area contributed by atoms with Gasteiger partial charge in [0, 0.05) is 43.7 Å². The second-order valence-corrected chi connectivity index (χ2v) is 7.79. The van der Waals surface area contributed by atoms with Gasteiger partial charge in [0.25, 0.3) is 0 Å². The first-order valence-corrected chi connectivity index (χ1v) is 9.06. The second-order valence-electron chi connectivity index (χ2n) is 7.79. The molecule has 0 aromatic carbocycles. The summed E-state index contributed by atoms with van der Waals surface area (Å²) in [5.74, 6) is 0.932. The Hall–Kier alpha value is -0.0300. The molecule has 2 atom stereocenters. The number of carbonyl (C=O) groups excluding carboxylic acids is 1. The summed E-state index contributed by atoms with van der Waals surface area (Å²) in [5.41, 5.74) is 0. The lowest BCUT2D eigenvalue weighted by atomic mass is 9.89. The maximum Gasteiger partial charge on any atom is 0.220 e. The maximum atomic E-state index is 12.3. The fourth-order valence-electron chi connectivity index (χ4n) is 4.74. The van der Waals surface area contributed by atoms with Crippen LogP contribution in [-0.4, -0.2) is 48.1 Å². The standard InChI is InChI=1S/C17H29N3O.2ClH/c21-17(11-12-9-14-1-2-15(10-12)18-14)19-13-5-7-20(8-6-13)16-3-4-16;;/h12-16,18H,1-11H2,(H,19,21);2*1H. The third-order valence-electron chi connectivity index (χ3n) is 6.00. The van der Waals surface area contributed by atoms with Crippen molar-refractivity contribution in [3.05, 3.63) is 0 Å². The van der Waals surface area contributed by atoms with E-state index in [-0.39, 0.29) is 24.8 Å². The molecular weight excluding hydrogens is 333 g/mol. The molecule has 1 amide bonds. The van der Waals surface area contributed by atoms with Crippen LogP contribution in [0.25, 0.3) is 0 Å². The van der Waals surface area contributed by atoms with Crippen molar-refractivity contribution in [2.75, 3.05) is 13.1 Å². The first-order chi connectivity index (χ1) is 10.3. The van der Waals surface area contributed by atoms with Crippen molar-refractivity contribution in [1.82, 2.24) is 15.5 Å². The lowest BCUT2D eigenvalue weighted by molar-refractivity contribution is -0.123. The molecule has 4 aliphatic rings. The largest absolute Gasteiger partial charge is 0.353 e. The first-order valence-electron chi connectivity index (χ1n) is 9.06. The van der Waals surface area contributed by atoms with Crippen LogP contribution in [0.5, 0.6) is 0 Å². The SMILES string of the molecule is Cl.Cl.O=C(CC1CC2CCC(C1)N2)NC1CCN(C2CC2)CC1. The summed E-state index contributed by atoms with van der Waals surface area (Å²) in [6.07, 6.45) is 10.9. The van der Waals surface area contributed by atoms with Gasteiger partial charge in [-0.3, -0.25) is 4.79 Å². The van der Waals surface area contributed by atoms with Gasteiger partial charge in [-0.15, -0.1) is 24.8 Å². The Morgan fingerprint density at radius 1 is 0.957 bits per heavy atom. The highest BCUT2D eigenvalue weighted by molar-refractivity contribution is 5.85. The van der Waals surface area contributed by atoms with Gasteiger partial charge in [-0.1, -0.05) is 0 Å². The number of rotatable bonds is 4. The zero-order valence-corrected chi connectivity index (χ0v) is 15.5. The van der Waals surface area contributed by atoms with Gasteiger partial charge in [0.15, 0.2) is 0 Å². The molecule has 6 heteroatoms. The number of carbonyl (C=O) groups is 1. The predicted molar refractivity (Wildman–Crippen MR) is 97.5 cm³/mol. The highest BCUT2D eigenvalue weighted by atomic mass is 35.5. The Kier molecular flexibility index (Phi) is 7.02. The Labute approximate surface area is 152 Å². The average Bonchev–Trinajstić information content (AvgIpc) is 3.25. The molecule has 134 valence electrons. The van der Waals surface area contributed by atoms with E-state index in [0.717, 1.165) is 25.3 Å². The lowest BCUT2D eigenvalue weighted by Crippen LogP contribution is -2.46. The fraction of sp³-hybridized carbons (Fsp3) is 0.941. The van der Waals surface area contributed by atoms with Gasteiger partial charge in [0.2, 0.25) is 5.91 Å². The molecule has 1 aliphatic carbocycles. The molecular formula is C17H31Cl2N3O. The predicted octanol–water partition coefficient (Wildman–Crippen LogP) is 2.49. The summed E-state index contributed by atoms with van der Waals surface area (Å²) in [6, 6.07) is 2.71. The third kappa shape index (κ3) is 4.97. The zero-order valence-electron chi connectivity index (χ0n) is 13.8. The van der Waals surface area contributed by atoms with Gasteiger partial charge in [-0.05, 0) is 57.3 Å². The topological polar surface area (TPSA) is 44.4 Å². The zero-order chi connectivity index (χ0) is 14.2. The molecule has 2 N–H and O–H groups in total. The molecule has 23 heavy (non-hydrogen) atoms. The maximum absolute atomic E-state index is 12.3. The van der Waals surface area contributed by atoms with E-state index in [2.05, 4.69) is 15.5 Å². The average molecular weight is 364 g/mol. The normalized spacial score (nSPS) is 34.3. The molecule has 4 nitrogen and oxygen atoms in total. The molecule has 3 heterocycles. The van der Waals surface area contributed by atoms with Crippen molar-refractivity contribution >= 4 is 30.7 Å². The number of piperidine rings is 2. The van der Waals surface area contributed by atoms with Crippen molar-refractivity contribution in [2.45, 2.75) is 82.0 Å². The van der Waals surface area contributed by atoms with Crippen molar-refractivity contribution in [3.63, 3.8) is 0 Å². The number of likely N-dealkylation sites (tertiary alicyclic amines) is 1. The molecule has 0 aromatic rings. The van der Waals surface area contributed by atoms with Crippen LogP contribution >= 0.6 is 24.8 Å². The van der Waals surface area contributed by atoms with Crippen LogP contribution in [-0.2, 0) is 4.79 Å². The molecule has 0 radical (unpaired) electrons. The highest BCUT2D eigenvalue weighted by Gasteiger charge is 2.35. The second kappa shape index (κ2) is 8.37. The lowest BCUT2D eigenvalue weighted by Gasteiger charge is -2.33. The van der Waals surface area contributed by atoms with Crippen LogP contribution < -0.4 is 10.6 Å². The molecule has 3 saturated heterocycles. The minimum Gasteiger partial charge on any atom is -0.353 e. The highest BCUT2D eigenvalue weighted by Crippen LogP contribution is 2.33. The Balaban J connectivity index is 0.000000960. The Morgan fingerprint density at radius 3 is 2.13 bits per heavy atom. The van der Waals surface area contributed by atoms with E-state index in [1.54, 1.807) is 0 Å². The summed E-state index contributed by atoms with van der Waals surface area (Å²) in [7, 11) is 0. The number of nitrogens with zero attached hydrogens (tertiary/aromatic N) is 1. The van der Waals surface area contributed by atoms with Crippen molar-refractivity contribution in [1.29, 1.82) is 0 Å². The summed E-state index contributed by atoms with van der Waals surface area (Å²) in [5, 5.41) is 6.97. The van der Waals surface area contributed by atoms with Gasteiger partial charge >= 0.3 is 0 Å². The fourth-order valence-corrected chi connectivity index (χ4v) is 4.74. The Morgan fingerprint density at radius 2 is 1.57 bits per heavy atom. The van der Waals surface area contributed by atoms with Crippen LogP contribution in [0.4, 0.5) is 0 Å². The number of halogens is 2. The van der Waals surface area contributed by atoms with Gasteiger partial charge in [-0.2, -0.15) is 0 Å². The van der Waals surface area contributed by atoms with Gasteiger partial charge in [0.05, 0.1) is 0 Å². The van der Waals surface area contributed by atoms with Crippen LogP contribution in [0.1, 0.15) is 57.8 Å². The van der Waals surface area contributed by atoms with Crippen LogP contribution in [0.15, 0.2) is 0 Å². The number of hydrogen-bond acceptors (Lipinski definition) is 3. The van der Waals surface area contributed by atoms with Crippen LogP contribution in [0, 0.1) is 5.92 Å². The molecule has 0 spiro atoms. The van der Waals surface area contributed by atoms with E-state index >= 15 is 0 Å². The summed E-state index contributed by atoms with van der Waals surface area (Å²) in [4.78, 5) is 14.9. The number of fused-ring (bicyclic) bond motifs is 2. The molecule has 2 bridgehead atoms. The van der Waals surface area contributed by atoms with Crippen molar-refractivity contribution in [3.8, 4) is 0 Å². The molecule has 1 saturated carbocycles. The van der Waals surface area contributed by atoms with Gasteiger partial charge in [0.1, 0.15) is 0 Å². The first kappa shape index (κ1) is 19.3. The molecule has 4 fully saturated rings. The minimum atomic E-state index is 0. The number of nitrogens with one attached hydrogen (secondary N) is 2. The summed E-state index contributed by atoms with van der Waals surface area (Å²) < 4.78 is 0. The van der Waals surface area contributed by atoms with E-state index in [4.69, 9.17) is 0 Å². The smallest absolute Gasteiger partial charge is 0.220 e. The van der Waals surface area contributed by atoms with Gasteiger partial charge in [-0.25, -0.2) is 0 Å². The summed E-state index contributed by atoms with van der Waals surface area (Å²) in [6.45, 7) is 2.38. The molecule has 3 aliphatic heterocycles. The van der Waals surface area contributed by atoms with E-state index in [0.29, 0.717) is 30.0 Å². The third-order valence-corrected chi connectivity index (χ3v) is 6.00. The molecule has 2 unspecified atom stereocenters. The van der Waals surface area contributed by atoms with Gasteiger partial charge < -0.3 is 15.5 Å². The Bertz CT molecular complexity index is 385. The minimum absolute atomic E-state index is 0. The van der Waals surface area contributed by atoms with E-state index in [9.17, 15) is 4.79 Å². The molecule has 4 rings (SSSR count). The monoisotopic (exact) mass is 363 g/mol. The van der Waals surface area contributed by atoms with Crippen LogP contribution in [0.3, 0.4) is 0 Å². The summed E-state index contributed by atoms with van der Waals surface area (Å²) >= 11 is 0. The molecule has 0 aromatic heterocycles. The number of hydrogen-bond donors (Lipinski definition) is 2. The van der Waals surface area contributed by atoms with E-state index in [1.807, 2.05) is 0 Å². The quantitative estimate of drug-likeness (QED) is 0.806. The van der Waals surface area contributed by atoms with Crippen molar-refractivity contribution < 1.29 is 4.79 Å². The van der Waals surface area contributed by atoms with E-state index < -0.39 is 0 Å². The van der Waals surface area contributed by atoms with Crippen LogP contribution in [0.2, 0.25) is 0 Å². The van der Waals surface area contributed by atoms with Crippen molar-refractivity contribution in [2.24, 2.45) is 5.92 Å². The number of amides is 1. The van der Waals surface area contributed by atoms with E-state index in [1.165, 1.54) is 51.6 Å².